The van der Waals surface area contributed by atoms with E-state index in [-0.39, 0.29) is 5.75 Å². The number of ether oxygens (including phenoxy) is 1. The predicted molar refractivity (Wildman–Crippen MR) is 63.9 cm³/mol. The van der Waals surface area contributed by atoms with Gasteiger partial charge in [0.2, 0.25) is 5.89 Å². The molecule has 0 amide bonds. The van der Waals surface area contributed by atoms with Crippen LogP contribution in [0.3, 0.4) is 0 Å². The number of benzene rings is 1. The minimum absolute atomic E-state index is 0.290. The lowest BCUT2D eigenvalue weighted by Crippen LogP contribution is -2.16. The van der Waals surface area contributed by atoms with Crippen molar-refractivity contribution in [2.24, 2.45) is 0 Å². The van der Waals surface area contributed by atoms with Crippen LogP contribution in [-0.2, 0) is 0 Å². The van der Waals surface area contributed by atoms with E-state index in [1.807, 2.05) is 0 Å². The van der Waals surface area contributed by atoms with Crippen LogP contribution in [-0.4, -0.2) is 16.3 Å². The lowest BCUT2D eigenvalue weighted by atomic mass is 10.3. The van der Waals surface area contributed by atoms with Crippen LogP contribution in [0.4, 0.5) is 13.2 Å². The van der Waals surface area contributed by atoms with Crippen molar-refractivity contribution < 1.29 is 22.3 Å². The van der Waals surface area contributed by atoms with E-state index in [9.17, 15) is 13.2 Å². The number of rotatable bonds is 2. The monoisotopic (exact) mass is 280 g/mol. The van der Waals surface area contributed by atoms with Gasteiger partial charge in [-0.25, -0.2) is 4.98 Å². The van der Waals surface area contributed by atoms with Gasteiger partial charge < -0.3 is 9.15 Å². The van der Waals surface area contributed by atoms with E-state index in [0.29, 0.717) is 22.6 Å². The Kier molecular flexibility index (Phi) is 2.81. The Balaban J connectivity index is 2.00. The zero-order valence-electron chi connectivity index (χ0n) is 9.89. The van der Waals surface area contributed by atoms with Crippen LogP contribution in [0.25, 0.3) is 22.6 Å². The molecule has 0 unspecified atom stereocenters. The third-order valence-electron chi connectivity index (χ3n) is 2.52. The first-order valence-corrected chi connectivity index (χ1v) is 5.58. The molecule has 0 bridgehead atoms. The highest BCUT2D eigenvalue weighted by Crippen LogP contribution is 2.29. The molecule has 2 heterocycles. The van der Waals surface area contributed by atoms with E-state index < -0.39 is 6.36 Å². The molecule has 0 N–H and O–H groups in total. The van der Waals surface area contributed by atoms with Gasteiger partial charge >= 0.3 is 6.36 Å². The quantitative estimate of drug-likeness (QED) is 0.716. The molecule has 0 spiro atoms. The summed E-state index contributed by atoms with van der Waals surface area (Å²) in [4.78, 5) is 8.00. The van der Waals surface area contributed by atoms with Gasteiger partial charge in [0.25, 0.3) is 0 Å². The van der Waals surface area contributed by atoms with Crippen molar-refractivity contribution in [1.29, 1.82) is 0 Å². The summed E-state index contributed by atoms with van der Waals surface area (Å²) in [6.45, 7) is 0. The third kappa shape index (κ3) is 2.56. The summed E-state index contributed by atoms with van der Waals surface area (Å²) in [5, 5.41) is 0. The van der Waals surface area contributed by atoms with Crippen LogP contribution in [0.15, 0.2) is 47.1 Å². The Morgan fingerprint density at radius 1 is 1.05 bits per heavy atom. The molecule has 20 heavy (non-hydrogen) atoms. The van der Waals surface area contributed by atoms with Crippen LogP contribution in [0.5, 0.6) is 5.75 Å². The lowest BCUT2D eigenvalue weighted by molar-refractivity contribution is -0.274. The van der Waals surface area contributed by atoms with E-state index in [1.165, 1.54) is 18.2 Å². The maximum atomic E-state index is 12.1. The molecule has 0 fully saturated rings. The van der Waals surface area contributed by atoms with Crippen LogP contribution in [0.1, 0.15) is 0 Å². The summed E-state index contributed by atoms with van der Waals surface area (Å²) in [5.41, 5.74) is 1.36. The third-order valence-corrected chi connectivity index (χ3v) is 2.52. The predicted octanol–water partition coefficient (Wildman–Crippen LogP) is 3.79. The fraction of sp³-hybridized carbons (Fsp3) is 0.0769. The van der Waals surface area contributed by atoms with Crippen LogP contribution >= 0.6 is 0 Å². The molecule has 7 heteroatoms. The zero-order chi connectivity index (χ0) is 14.2. The van der Waals surface area contributed by atoms with Crippen LogP contribution in [0, 0.1) is 0 Å². The molecule has 0 radical (unpaired) electrons. The maximum Gasteiger partial charge on any atom is 0.573 e. The summed E-state index contributed by atoms with van der Waals surface area (Å²) in [6, 6.07) is 7.12. The van der Waals surface area contributed by atoms with Crippen molar-refractivity contribution in [3.63, 3.8) is 0 Å². The summed E-state index contributed by atoms with van der Waals surface area (Å²) < 4.78 is 45.7. The van der Waals surface area contributed by atoms with Gasteiger partial charge in [0.05, 0.1) is 0 Å². The maximum absolute atomic E-state index is 12.1. The van der Waals surface area contributed by atoms with Crippen molar-refractivity contribution in [3.8, 4) is 17.2 Å². The van der Waals surface area contributed by atoms with E-state index in [0.717, 1.165) is 0 Å². The fourth-order valence-corrected chi connectivity index (χ4v) is 1.72. The second kappa shape index (κ2) is 4.52. The molecule has 0 aliphatic rings. The summed E-state index contributed by atoms with van der Waals surface area (Å²) >= 11 is 0. The molecule has 0 aliphatic heterocycles. The average molecular weight is 280 g/mol. The van der Waals surface area contributed by atoms with E-state index in [1.54, 1.807) is 24.5 Å². The standard InChI is InChI=1S/C13H7F3N2O2/c14-13(15,16)20-9-1-2-11-10(7-9)18-12(19-11)8-3-5-17-6-4-8/h1-7H. The Morgan fingerprint density at radius 3 is 2.50 bits per heavy atom. The molecule has 2 aromatic heterocycles. The highest BCUT2D eigenvalue weighted by atomic mass is 19.4. The zero-order valence-corrected chi connectivity index (χ0v) is 9.89. The van der Waals surface area contributed by atoms with Gasteiger partial charge in [-0.2, -0.15) is 0 Å². The van der Waals surface area contributed by atoms with Crippen LogP contribution in [0.2, 0.25) is 0 Å². The Labute approximate surface area is 110 Å². The van der Waals surface area contributed by atoms with Gasteiger partial charge in [0.1, 0.15) is 11.3 Å². The van der Waals surface area contributed by atoms with Gasteiger partial charge in [0.15, 0.2) is 5.58 Å². The number of oxazole rings is 1. The summed E-state index contributed by atoms with van der Waals surface area (Å²) in [6.07, 6.45) is -1.59. The number of hydrogen-bond acceptors (Lipinski definition) is 4. The molecule has 4 nitrogen and oxygen atoms in total. The summed E-state index contributed by atoms with van der Waals surface area (Å²) in [7, 11) is 0. The highest BCUT2D eigenvalue weighted by Gasteiger charge is 2.31. The number of halogens is 3. The van der Waals surface area contributed by atoms with E-state index in [4.69, 9.17) is 4.42 Å². The minimum Gasteiger partial charge on any atom is -0.436 e. The molecule has 1 aromatic carbocycles. The largest absolute Gasteiger partial charge is 0.573 e. The van der Waals surface area contributed by atoms with Crippen molar-refractivity contribution in [2.75, 3.05) is 0 Å². The Bertz CT molecular complexity index is 738. The number of aromatic nitrogens is 2. The lowest BCUT2D eigenvalue weighted by Gasteiger charge is -2.07. The molecule has 0 saturated heterocycles. The normalized spacial score (nSPS) is 11.8. The number of nitrogens with zero attached hydrogens (tertiary/aromatic N) is 2. The highest BCUT2D eigenvalue weighted by molar-refractivity contribution is 5.77. The first-order chi connectivity index (χ1) is 9.51. The molecule has 0 atom stereocenters. The van der Waals surface area contributed by atoms with E-state index >= 15 is 0 Å². The number of pyridine rings is 1. The topological polar surface area (TPSA) is 48.2 Å². The Hall–Kier alpha value is -2.57. The van der Waals surface area contributed by atoms with Gasteiger partial charge in [-0.1, -0.05) is 0 Å². The molecule has 3 rings (SSSR count). The van der Waals surface area contributed by atoms with Crippen molar-refractivity contribution in [2.45, 2.75) is 6.36 Å². The molecule has 0 saturated carbocycles. The number of alkyl halides is 3. The summed E-state index contributed by atoms with van der Waals surface area (Å²) in [5.74, 6) is -0.0221. The average Bonchev–Trinajstić information content (AvgIpc) is 2.81. The van der Waals surface area contributed by atoms with Gasteiger partial charge in [-0.05, 0) is 24.3 Å². The van der Waals surface area contributed by atoms with Gasteiger partial charge in [-0.15, -0.1) is 13.2 Å². The van der Waals surface area contributed by atoms with Crippen LogP contribution < -0.4 is 4.74 Å². The van der Waals surface area contributed by atoms with Crippen molar-refractivity contribution in [1.82, 2.24) is 9.97 Å². The van der Waals surface area contributed by atoms with Gasteiger partial charge in [0, 0.05) is 24.0 Å². The number of fused-ring (bicyclic) bond motifs is 1. The van der Waals surface area contributed by atoms with Crippen molar-refractivity contribution >= 4 is 11.1 Å². The first-order valence-electron chi connectivity index (χ1n) is 5.58. The smallest absolute Gasteiger partial charge is 0.436 e. The molecule has 3 aromatic rings. The van der Waals surface area contributed by atoms with E-state index in [2.05, 4.69) is 14.7 Å². The second-order valence-corrected chi connectivity index (χ2v) is 3.93. The molecular formula is C13H7F3N2O2. The van der Waals surface area contributed by atoms with Crippen molar-refractivity contribution in [3.05, 3.63) is 42.7 Å². The fourth-order valence-electron chi connectivity index (χ4n) is 1.72. The second-order valence-electron chi connectivity index (χ2n) is 3.93. The molecular weight excluding hydrogens is 273 g/mol. The number of hydrogen-bond donors (Lipinski definition) is 0. The molecule has 0 aliphatic carbocycles. The Morgan fingerprint density at radius 2 is 1.80 bits per heavy atom. The minimum atomic E-state index is -4.73. The SMILES string of the molecule is FC(F)(F)Oc1ccc2oc(-c3ccncc3)nc2c1. The van der Waals surface area contributed by atoms with Gasteiger partial charge in [-0.3, -0.25) is 4.98 Å². The molecule has 102 valence electrons. The first kappa shape index (κ1) is 12.5.